The van der Waals surface area contributed by atoms with E-state index in [4.69, 9.17) is 0 Å². The van der Waals surface area contributed by atoms with E-state index in [0.717, 1.165) is 17.6 Å². The third-order valence-corrected chi connectivity index (χ3v) is 4.99. The fourth-order valence-corrected chi connectivity index (χ4v) is 3.78. The first-order chi connectivity index (χ1) is 13.3. The number of nitrogens with zero attached hydrogens (tertiary/aromatic N) is 3. The van der Waals surface area contributed by atoms with Crippen LogP contribution in [-0.4, -0.2) is 34.8 Å². The number of carbonyl (C=O) groups is 1. The molecule has 2 aromatic heterocycles. The molecule has 154 valence electrons. The van der Waals surface area contributed by atoms with Crippen molar-refractivity contribution in [3.63, 3.8) is 0 Å². The summed E-state index contributed by atoms with van der Waals surface area (Å²) >= 11 is 0. The van der Waals surface area contributed by atoms with Crippen molar-refractivity contribution >= 4 is 26.8 Å². The summed E-state index contributed by atoms with van der Waals surface area (Å²) in [4.78, 5) is 38.9. The number of rotatable bonds is 3. The van der Waals surface area contributed by atoms with E-state index >= 15 is 0 Å². The molecule has 0 radical (unpaired) electrons. The van der Waals surface area contributed by atoms with Crippen molar-refractivity contribution in [2.24, 2.45) is 0 Å². The quantitative estimate of drug-likeness (QED) is 0.665. The minimum absolute atomic E-state index is 0.0344. The van der Waals surface area contributed by atoms with Crippen molar-refractivity contribution in [1.29, 1.82) is 0 Å². The van der Waals surface area contributed by atoms with Crippen molar-refractivity contribution in [1.82, 2.24) is 14.2 Å². The van der Waals surface area contributed by atoms with E-state index in [9.17, 15) is 36.0 Å². The van der Waals surface area contributed by atoms with Crippen molar-refractivity contribution in [3.8, 4) is 5.69 Å². The van der Waals surface area contributed by atoms with Gasteiger partial charge in [-0.2, -0.15) is 13.2 Å². The predicted molar refractivity (Wildman–Crippen MR) is 96.9 cm³/mol. The number of aromatic amines is 1. The topological polar surface area (TPSA) is 114 Å². The molecular weight excluding hydrogens is 417 g/mol. The number of carbonyl (C=O) groups excluding carboxylic acids is 1. The van der Waals surface area contributed by atoms with Gasteiger partial charge in [0.15, 0.2) is 0 Å². The number of aromatic nitrogens is 3. The van der Waals surface area contributed by atoms with Gasteiger partial charge in [0.2, 0.25) is 0 Å². The lowest BCUT2D eigenvalue weighted by molar-refractivity contribution is -0.137. The molecule has 0 atom stereocenters. The van der Waals surface area contributed by atoms with Crippen LogP contribution in [-0.2, 0) is 21.0 Å². The Kier molecular flexibility index (Phi) is 4.65. The maximum atomic E-state index is 13.5. The van der Waals surface area contributed by atoms with Gasteiger partial charge in [0.1, 0.15) is 0 Å². The average Bonchev–Trinajstić information content (AvgIpc) is 3.09. The third-order valence-electron chi connectivity index (χ3n) is 3.95. The summed E-state index contributed by atoms with van der Waals surface area (Å²) in [5.41, 5.74) is -4.66. The molecule has 1 amide bonds. The second-order valence-electron chi connectivity index (χ2n) is 6.08. The van der Waals surface area contributed by atoms with Crippen LogP contribution in [0.5, 0.6) is 0 Å². The molecule has 2 heterocycles. The monoisotopic (exact) mass is 430 g/mol. The standard InChI is InChI=1S/C16H13F3N4O5S/c1-9(24)23(29(2,27)28)22-14(25)10-7-13(21-5-3-4-6-21)11(16(17,18)19)8-12(10)20-15(22)26/h3-8H,1-2H3,(H,20,26). The summed E-state index contributed by atoms with van der Waals surface area (Å²) in [6.45, 7) is 0.815. The van der Waals surface area contributed by atoms with Gasteiger partial charge in [-0.1, -0.05) is 0 Å². The molecule has 0 saturated heterocycles. The molecule has 0 aliphatic heterocycles. The summed E-state index contributed by atoms with van der Waals surface area (Å²) < 4.78 is 65.4. The summed E-state index contributed by atoms with van der Waals surface area (Å²) in [6, 6.07) is 4.39. The molecule has 0 aliphatic rings. The molecule has 3 rings (SSSR count). The Morgan fingerprint density at radius 3 is 2.21 bits per heavy atom. The number of hydrogen-bond acceptors (Lipinski definition) is 5. The molecular formula is C16H13F3N4O5S. The molecule has 0 saturated carbocycles. The van der Waals surface area contributed by atoms with E-state index in [-0.39, 0.29) is 9.09 Å². The average molecular weight is 430 g/mol. The van der Waals surface area contributed by atoms with Crippen molar-refractivity contribution in [3.05, 3.63) is 63.1 Å². The number of halogens is 3. The molecule has 0 bridgehead atoms. The number of benzene rings is 1. The normalized spacial score (nSPS) is 12.3. The first-order valence-electron chi connectivity index (χ1n) is 7.87. The SMILES string of the molecule is CC(=O)N(n1c(=O)[nH]c2cc(C(F)(F)F)c(-n3cccc3)cc2c1=O)S(C)(=O)=O. The van der Waals surface area contributed by atoms with E-state index in [0.29, 0.717) is 12.3 Å². The smallest absolute Gasteiger partial charge is 0.323 e. The van der Waals surface area contributed by atoms with Gasteiger partial charge in [0.05, 0.1) is 28.4 Å². The molecule has 0 spiro atoms. The minimum atomic E-state index is -4.81. The van der Waals surface area contributed by atoms with E-state index in [1.165, 1.54) is 24.5 Å². The number of hydrogen-bond donors (Lipinski definition) is 1. The molecule has 0 aliphatic carbocycles. The maximum absolute atomic E-state index is 13.5. The second-order valence-corrected chi connectivity index (χ2v) is 7.89. The van der Waals surface area contributed by atoms with Crippen molar-refractivity contribution in [2.75, 3.05) is 10.7 Å². The lowest BCUT2D eigenvalue weighted by Crippen LogP contribution is -2.55. The number of alkyl halides is 3. The van der Waals surface area contributed by atoms with E-state index in [1.807, 2.05) is 4.98 Å². The predicted octanol–water partition coefficient (Wildman–Crippen LogP) is 0.943. The molecule has 1 N–H and O–H groups in total. The van der Waals surface area contributed by atoms with Gasteiger partial charge in [-0.15, -0.1) is 9.09 Å². The van der Waals surface area contributed by atoms with E-state index < -0.39 is 55.5 Å². The largest absolute Gasteiger partial charge is 0.418 e. The van der Waals surface area contributed by atoms with Crippen LogP contribution in [0.25, 0.3) is 16.6 Å². The maximum Gasteiger partial charge on any atom is 0.418 e. The number of nitrogens with one attached hydrogen (secondary N) is 1. The Balaban J connectivity index is 2.47. The number of fused-ring (bicyclic) bond motifs is 1. The molecule has 0 unspecified atom stereocenters. The van der Waals surface area contributed by atoms with Gasteiger partial charge in [0.25, 0.3) is 21.5 Å². The molecule has 0 fully saturated rings. The molecule has 13 heteroatoms. The van der Waals surface area contributed by atoms with E-state index in [1.54, 1.807) is 0 Å². The molecule has 29 heavy (non-hydrogen) atoms. The minimum Gasteiger partial charge on any atom is -0.323 e. The zero-order valence-electron chi connectivity index (χ0n) is 14.9. The highest BCUT2D eigenvalue weighted by Gasteiger charge is 2.35. The Morgan fingerprint density at radius 1 is 1.14 bits per heavy atom. The van der Waals surface area contributed by atoms with Gasteiger partial charge < -0.3 is 9.55 Å². The summed E-state index contributed by atoms with van der Waals surface area (Å²) in [7, 11) is -4.37. The highest BCUT2D eigenvalue weighted by atomic mass is 32.2. The Bertz CT molecular complexity index is 1340. The van der Waals surface area contributed by atoms with Crippen LogP contribution in [0, 0.1) is 0 Å². The Labute approximate surface area is 160 Å². The van der Waals surface area contributed by atoms with Gasteiger partial charge in [-0.05, 0) is 24.3 Å². The summed E-state index contributed by atoms with van der Waals surface area (Å²) in [5.74, 6) is -1.16. The number of amides is 1. The van der Waals surface area contributed by atoms with Crippen LogP contribution in [0.1, 0.15) is 12.5 Å². The second kappa shape index (κ2) is 6.62. The fourth-order valence-electron chi connectivity index (χ4n) is 2.87. The highest BCUT2D eigenvalue weighted by Crippen LogP contribution is 2.35. The molecule has 1 aromatic carbocycles. The van der Waals surface area contributed by atoms with Crippen LogP contribution in [0.4, 0.5) is 13.2 Å². The van der Waals surface area contributed by atoms with Gasteiger partial charge in [-0.25, -0.2) is 13.2 Å². The van der Waals surface area contributed by atoms with Crippen LogP contribution in [0.3, 0.4) is 0 Å². The Morgan fingerprint density at radius 2 is 1.72 bits per heavy atom. The summed E-state index contributed by atoms with van der Waals surface area (Å²) in [5, 5.41) is -0.420. The zero-order chi connectivity index (χ0) is 21.7. The van der Waals surface area contributed by atoms with Crippen LogP contribution >= 0.6 is 0 Å². The fraction of sp³-hybridized carbons (Fsp3) is 0.188. The first-order valence-corrected chi connectivity index (χ1v) is 9.72. The highest BCUT2D eigenvalue weighted by molar-refractivity contribution is 7.92. The van der Waals surface area contributed by atoms with Crippen molar-refractivity contribution in [2.45, 2.75) is 13.1 Å². The van der Waals surface area contributed by atoms with Gasteiger partial charge in [0, 0.05) is 19.3 Å². The van der Waals surface area contributed by atoms with Crippen LogP contribution < -0.4 is 15.7 Å². The zero-order valence-corrected chi connectivity index (χ0v) is 15.7. The molecule has 3 aromatic rings. The number of H-pyrrole nitrogens is 1. The first kappa shape index (κ1) is 20.4. The lowest BCUT2D eigenvalue weighted by atomic mass is 10.1. The van der Waals surface area contributed by atoms with Crippen molar-refractivity contribution < 1.29 is 26.4 Å². The van der Waals surface area contributed by atoms with Gasteiger partial charge in [-0.3, -0.25) is 9.59 Å². The van der Waals surface area contributed by atoms with Crippen LogP contribution in [0.15, 0.2) is 46.2 Å². The number of sulfonamides is 1. The Hall–Kier alpha value is -3.35. The molecule has 9 nitrogen and oxygen atoms in total. The van der Waals surface area contributed by atoms with Gasteiger partial charge >= 0.3 is 11.9 Å². The van der Waals surface area contributed by atoms with E-state index in [2.05, 4.69) is 0 Å². The summed E-state index contributed by atoms with van der Waals surface area (Å²) in [6.07, 6.45) is -1.57. The lowest BCUT2D eigenvalue weighted by Gasteiger charge is -2.20. The van der Waals surface area contributed by atoms with Crippen LogP contribution in [0.2, 0.25) is 0 Å². The third kappa shape index (κ3) is 3.55.